The summed E-state index contributed by atoms with van der Waals surface area (Å²) in [6.45, 7) is 4.97. The van der Waals surface area contributed by atoms with Crippen LogP contribution in [0.3, 0.4) is 0 Å². The Bertz CT molecular complexity index is 1140. The first kappa shape index (κ1) is 74.6. The third-order valence-corrected chi connectivity index (χ3v) is 16.6. The van der Waals surface area contributed by atoms with E-state index in [0.29, 0.717) is 25.9 Å². The standard InChI is InChI=1S/C70H137NO5/c1-3-5-7-9-11-13-15-16-36-40-44-48-52-56-60-64-70(75)76-65-61-57-53-49-45-41-38-35-33-31-29-27-25-23-21-19-17-18-20-22-24-26-28-30-32-34-37-39-43-47-51-55-59-63-69(74)71-67(66-72)68(73)62-58-54-50-46-42-14-12-10-8-6-4-2/h16,36,67-68,72-73H,3-15,17-35,37-66H2,1-2H3,(H,71,74)/b36-16-. The van der Waals surface area contributed by atoms with Crippen LogP contribution in [-0.2, 0) is 14.3 Å². The molecule has 0 saturated carbocycles. The molecule has 6 heteroatoms. The van der Waals surface area contributed by atoms with E-state index in [-0.39, 0.29) is 18.5 Å². The number of esters is 1. The molecule has 76 heavy (non-hydrogen) atoms. The Morgan fingerprint density at radius 1 is 0.355 bits per heavy atom. The van der Waals surface area contributed by atoms with Gasteiger partial charge in [-0.25, -0.2) is 0 Å². The molecular weight excluding hydrogens is 935 g/mol. The molecule has 3 N–H and O–H groups in total. The molecule has 0 bridgehead atoms. The third-order valence-electron chi connectivity index (χ3n) is 16.6. The van der Waals surface area contributed by atoms with Crippen LogP contribution in [0.5, 0.6) is 0 Å². The van der Waals surface area contributed by atoms with E-state index >= 15 is 0 Å². The quantitative estimate of drug-likeness (QED) is 0.0320. The Morgan fingerprint density at radius 3 is 0.934 bits per heavy atom. The van der Waals surface area contributed by atoms with Gasteiger partial charge in [0.2, 0.25) is 5.91 Å². The van der Waals surface area contributed by atoms with Crippen LogP contribution < -0.4 is 5.32 Å². The molecule has 0 rings (SSSR count). The average Bonchev–Trinajstić information content (AvgIpc) is 3.42. The van der Waals surface area contributed by atoms with Gasteiger partial charge in [0, 0.05) is 12.8 Å². The van der Waals surface area contributed by atoms with E-state index in [1.54, 1.807) is 0 Å². The number of nitrogens with one attached hydrogen (secondary N) is 1. The molecule has 2 atom stereocenters. The Morgan fingerprint density at radius 2 is 0.618 bits per heavy atom. The lowest BCUT2D eigenvalue weighted by molar-refractivity contribution is -0.143. The number of hydrogen-bond donors (Lipinski definition) is 3. The van der Waals surface area contributed by atoms with Crippen LogP contribution in [0.15, 0.2) is 12.2 Å². The summed E-state index contributed by atoms with van der Waals surface area (Å²) < 4.78 is 5.49. The van der Waals surface area contributed by atoms with E-state index in [1.807, 2.05) is 0 Å². The molecule has 0 aromatic carbocycles. The maximum absolute atomic E-state index is 12.5. The van der Waals surface area contributed by atoms with Gasteiger partial charge in [-0.1, -0.05) is 347 Å². The molecule has 0 aromatic rings. The predicted octanol–water partition coefficient (Wildman–Crippen LogP) is 22.4. The van der Waals surface area contributed by atoms with Crippen molar-refractivity contribution < 1.29 is 24.5 Å². The molecule has 6 nitrogen and oxygen atoms in total. The van der Waals surface area contributed by atoms with Crippen LogP contribution in [0, 0.1) is 0 Å². The fraction of sp³-hybridized carbons (Fsp3) is 0.943. The summed E-state index contributed by atoms with van der Waals surface area (Å²) in [6, 6.07) is -0.535. The summed E-state index contributed by atoms with van der Waals surface area (Å²) in [6.07, 6.45) is 81.3. The second kappa shape index (κ2) is 66.1. The molecule has 0 fully saturated rings. The molecule has 0 aliphatic rings. The van der Waals surface area contributed by atoms with E-state index < -0.39 is 12.1 Å². The summed E-state index contributed by atoms with van der Waals surface area (Å²) >= 11 is 0. The first-order chi connectivity index (χ1) is 37.5. The number of allylic oxidation sites excluding steroid dienone is 2. The summed E-state index contributed by atoms with van der Waals surface area (Å²) in [4.78, 5) is 24.5. The molecule has 0 heterocycles. The number of carbonyl (C=O) groups is 2. The zero-order chi connectivity index (χ0) is 55.0. The maximum Gasteiger partial charge on any atom is 0.305 e. The van der Waals surface area contributed by atoms with Crippen molar-refractivity contribution in [3.63, 3.8) is 0 Å². The normalized spacial score (nSPS) is 12.5. The van der Waals surface area contributed by atoms with Gasteiger partial charge in [0.25, 0.3) is 0 Å². The highest BCUT2D eigenvalue weighted by molar-refractivity contribution is 5.76. The van der Waals surface area contributed by atoms with Gasteiger partial charge in [-0.05, 0) is 51.4 Å². The first-order valence-electron chi connectivity index (χ1n) is 34.9. The predicted molar refractivity (Wildman–Crippen MR) is 333 cm³/mol. The van der Waals surface area contributed by atoms with Crippen molar-refractivity contribution in [2.24, 2.45) is 0 Å². The highest BCUT2D eigenvalue weighted by atomic mass is 16.5. The highest BCUT2D eigenvalue weighted by Gasteiger charge is 2.20. The number of hydrogen-bond acceptors (Lipinski definition) is 5. The number of ether oxygens (including phenoxy) is 1. The Labute approximate surface area is 476 Å². The lowest BCUT2D eigenvalue weighted by Crippen LogP contribution is -2.45. The molecule has 0 radical (unpaired) electrons. The van der Waals surface area contributed by atoms with Crippen molar-refractivity contribution in [2.75, 3.05) is 13.2 Å². The van der Waals surface area contributed by atoms with Crippen LogP contribution in [0.1, 0.15) is 399 Å². The van der Waals surface area contributed by atoms with Crippen molar-refractivity contribution in [2.45, 2.75) is 411 Å². The number of carbonyl (C=O) groups excluding carboxylic acids is 2. The molecule has 2 unspecified atom stereocenters. The topological polar surface area (TPSA) is 95.9 Å². The van der Waals surface area contributed by atoms with Gasteiger partial charge >= 0.3 is 5.97 Å². The van der Waals surface area contributed by atoms with E-state index in [1.165, 1.54) is 321 Å². The molecule has 0 saturated heterocycles. The molecule has 1 amide bonds. The zero-order valence-electron chi connectivity index (χ0n) is 51.8. The fourth-order valence-corrected chi connectivity index (χ4v) is 11.2. The van der Waals surface area contributed by atoms with Crippen molar-refractivity contribution in [1.82, 2.24) is 5.32 Å². The van der Waals surface area contributed by atoms with E-state index in [9.17, 15) is 19.8 Å². The van der Waals surface area contributed by atoms with Gasteiger partial charge in [0.1, 0.15) is 0 Å². The van der Waals surface area contributed by atoms with E-state index in [2.05, 4.69) is 31.3 Å². The van der Waals surface area contributed by atoms with Crippen molar-refractivity contribution >= 4 is 11.9 Å². The maximum atomic E-state index is 12.5. The van der Waals surface area contributed by atoms with E-state index in [0.717, 1.165) is 44.9 Å². The SMILES string of the molecule is CCCCCCCC/C=C\CCCCCCCC(=O)OCCCCCCCCCCCCCCCCCCCCCCCCCCCCCCCCCCCC(=O)NC(CO)C(O)CCCCCCCCCCCCC. The molecule has 452 valence electrons. The zero-order valence-corrected chi connectivity index (χ0v) is 51.8. The van der Waals surface area contributed by atoms with Gasteiger partial charge < -0.3 is 20.3 Å². The Balaban J connectivity index is 3.29. The van der Waals surface area contributed by atoms with Gasteiger partial charge in [0.15, 0.2) is 0 Å². The first-order valence-corrected chi connectivity index (χ1v) is 34.9. The summed E-state index contributed by atoms with van der Waals surface area (Å²) in [5.41, 5.74) is 0. The number of aliphatic hydroxyl groups is 2. The molecule has 0 aromatic heterocycles. The smallest absolute Gasteiger partial charge is 0.305 e. The molecular formula is C70H137NO5. The van der Waals surface area contributed by atoms with Crippen molar-refractivity contribution in [1.29, 1.82) is 0 Å². The Kier molecular flexibility index (Phi) is 64.9. The average molecular weight is 1070 g/mol. The van der Waals surface area contributed by atoms with Gasteiger partial charge in [-0.2, -0.15) is 0 Å². The molecule has 0 spiro atoms. The lowest BCUT2D eigenvalue weighted by Gasteiger charge is -2.22. The van der Waals surface area contributed by atoms with Crippen LogP contribution in [0.2, 0.25) is 0 Å². The van der Waals surface area contributed by atoms with Gasteiger partial charge in [-0.3, -0.25) is 9.59 Å². The summed E-state index contributed by atoms with van der Waals surface area (Å²) in [7, 11) is 0. The fourth-order valence-electron chi connectivity index (χ4n) is 11.2. The van der Waals surface area contributed by atoms with Crippen LogP contribution in [0.4, 0.5) is 0 Å². The largest absolute Gasteiger partial charge is 0.466 e. The second-order valence-electron chi connectivity index (χ2n) is 24.2. The van der Waals surface area contributed by atoms with E-state index in [4.69, 9.17) is 4.74 Å². The van der Waals surface area contributed by atoms with Crippen molar-refractivity contribution in [3.8, 4) is 0 Å². The molecule has 0 aliphatic heterocycles. The number of unbranched alkanes of at least 4 members (excludes halogenated alkanes) is 53. The summed E-state index contributed by atoms with van der Waals surface area (Å²) in [5, 5.41) is 23.2. The minimum absolute atomic E-state index is 0.0145. The number of rotatable bonds is 66. The van der Waals surface area contributed by atoms with Crippen LogP contribution >= 0.6 is 0 Å². The van der Waals surface area contributed by atoms with Crippen molar-refractivity contribution in [3.05, 3.63) is 12.2 Å². The second-order valence-corrected chi connectivity index (χ2v) is 24.2. The lowest BCUT2D eigenvalue weighted by atomic mass is 10.0. The van der Waals surface area contributed by atoms with Gasteiger partial charge in [0.05, 0.1) is 25.4 Å². The minimum atomic E-state index is -0.658. The van der Waals surface area contributed by atoms with Gasteiger partial charge in [-0.15, -0.1) is 0 Å². The highest BCUT2D eigenvalue weighted by Crippen LogP contribution is 2.19. The monoisotopic (exact) mass is 1070 g/mol. The number of aliphatic hydroxyl groups excluding tert-OH is 2. The minimum Gasteiger partial charge on any atom is -0.466 e. The Hall–Kier alpha value is -1.40. The van der Waals surface area contributed by atoms with Crippen LogP contribution in [0.25, 0.3) is 0 Å². The molecule has 0 aliphatic carbocycles. The third kappa shape index (κ3) is 61.8. The summed E-state index contributed by atoms with van der Waals surface area (Å²) in [5.74, 6) is -0.0145. The number of amides is 1. The van der Waals surface area contributed by atoms with Crippen LogP contribution in [-0.4, -0.2) is 47.4 Å².